The monoisotopic (exact) mass is 335 g/mol. The number of carbonyl (C=O) groups excluding carboxylic acids is 1. The van der Waals surface area contributed by atoms with Gasteiger partial charge < -0.3 is 10.2 Å². The quantitative estimate of drug-likeness (QED) is 0.794. The molecule has 1 aliphatic heterocycles. The largest absolute Gasteiger partial charge is 0.451 e. The van der Waals surface area contributed by atoms with Crippen LogP contribution in [0.1, 0.15) is 40.4 Å². The molecular formula is C20H21N3O2. The summed E-state index contributed by atoms with van der Waals surface area (Å²) in [5.41, 5.74) is 8.58. The second-order valence-electron chi connectivity index (χ2n) is 6.61. The number of hydrogen-bond donors (Lipinski definition) is 1. The summed E-state index contributed by atoms with van der Waals surface area (Å²) in [6.07, 6.45) is 5.65. The van der Waals surface area contributed by atoms with Crippen molar-refractivity contribution in [1.82, 2.24) is 9.88 Å². The van der Waals surface area contributed by atoms with Gasteiger partial charge in [-0.15, -0.1) is 0 Å². The highest BCUT2D eigenvalue weighted by atomic mass is 16.3. The number of nitrogens with two attached hydrogens (primary N) is 1. The van der Waals surface area contributed by atoms with E-state index in [2.05, 4.69) is 22.0 Å². The lowest BCUT2D eigenvalue weighted by Gasteiger charge is -2.32. The number of rotatable bonds is 4. The van der Waals surface area contributed by atoms with E-state index in [0.29, 0.717) is 11.7 Å². The van der Waals surface area contributed by atoms with Gasteiger partial charge in [0.25, 0.3) is 5.91 Å². The molecule has 1 aromatic carbocycles. The van der Waals surface area contributed by atoms with Gasteiger partial charge in [-0.05, 0) is 55.6 Å². The van der Waals surface area contributed by atoms with Crippen LogP contribution in [0.15, 0.2) is 53.2 Å². The molecule has 25 heavy (non-hydrogen) atoms. The molecular weight excluding hydrogens is 314 g/mol. The van der Waals surface area contributed by atoms with Crippen molar-refractivity contribution in [3.05, 3.63) is 65.7 Å². The molecule has 5 nitrogen and oxygen atoms in total. The summed E-state index contributed by atoms with van der Waals surface area (Å²) < 4.78 is 5.74. The Bertz CT molecular complexity index is 880. The van der Waals surface area contributed by atoms with Crippen LogP contribution in [0, 0.1) is 0 Å². The van der Waals surface area contributed by atoms with E-state index >= 15 is 0 Å². The van der Waals surface area contributed by atoms with Crippen LogP contribution in [0.3, 0.4) is 0 Å². The number of furan rings is 1. The number of hydrogen-bond acceptors (Lipinski definition) is 4. The number of primary amides is 1. The Morgan fingerprint density at radius 2 is 1.88 bits per heavy atom. The third kappa shape index (κ3) is 3.15. The van der Waals surface area contributed by atoms with Crippen LogP contribution in [0.25, 0.3) is 11.0 Å². The summed E-state index contributed by atoms with van der Waals surface area (Å²) in [5, 5.41) is 1.02. The van der Waals surface area contributed by atoms with Crippen molar-refractivity contribution in [3.8, 4) is 0 Å². The zero-order valence-corrected chi connectivity index (χ0v) is 14.0. The standard InChI is InChI=1S/C20H21N3O2/c21-20(24)19-18(16-3-1-2-4-17(16)25-19)15-7-11-23(12-8-15)13-14-5-9-22-10-6-14/h1-6,9-10,15H,7-8,11-13H2,(H2,21,24). The zero-order chi connectivity index (χ0) is 17.2. The van der Waals surface area contributed by atoms with E-state index in [0.717, 1.165) is 49.0 Å². The van der Waals surface area contributed by atoms with E-state index in [4.69, 9.17) is 10.2 Å². The van der Waals surface area contributed by atoms with Gasteiger partial charge in [0.2, 0.25) is 0 Å². The van der Waals surface area contributed by atoms with Crippen LogP contribution < -0.4 is 5.73 Å². The highest BCUT2D eigenvalue weighted by molar-refractivity contribution is 5.98. The molecule has 3 heterocycles. The smallest absolute Gasteiger partial charge is 0.284 e. The predicted molar refractivity (Wildman–Crippen MR) is 96.2 cm³/mol. The van der Waals surface area contributed by atoms with Gasteiger partial charge >= 0.3 is 0 Å². The van der Waals surface area contributed by atoms with Crippen molar-refractivity contribution in [2.45, 2.75) is 25.3 Å². The van der Waals surface area contributed by atoms with Crippen LogP contribution in [-0.2, 0) is 6.54 Å². The van der Waals surface area contributed by atoms with Gasteiger partial charge in [-0.25, -0.2) is 0 Å². The Hall–Kier alpha value is -2.66. The maximum Gasteiger partial charge on any atom is 0.284 e. The molecule has 128 valence electrons. The first-order chi connectivity index (χ1) is 12.2. The molecule has 0 radical (unpaired) electrons. The number of aromatic nitrogens is 1. The van der Waals surface area contributed by atoms with Gasteiger partial charge in [-0.3, -0.25) is 14.7 Å². The second-order valence-corrected chi connectivity index (χ2v) is 6.61. The fourth-order valence-corrected chi connectivity index (χ4v) is 3.78. The summed E-state index contributed by atoms with van der Waals surface area (Å²) in [6, 6.07) is 11.9. The van der Waals surface area contributed by atoms with E-state index in [9.17, 15) is 4.79 Å². The molecule has 0 spiro atoms. The van der Waals surface area contributed by atoms with Crippen molar-refractivity contribution in [1.29, 1.82) is 0 Å². The highest BCUT2D eigenvalue weighted by Gasteiger charge is 2.28. The molecule has 1 saturated heterocycles. The average molecular weight is 335 g/mol. The van der Waals surface area contributed by atoms with Crippen molar-refractivity contribution in [2.75, 3.05) is 13.1 Å². The average Bonchev–Trinajstić information content (AvgIpc) is 3.03. The van der Waals surface area contributed by atoms with E-state index in [1.165, 1.54) is 5.56 Å². The van der Waals surface area contributed by atoms with Crippen LogP contribution in [-0.4, -0.2) is 28.9 Å². The molecule has 1 fully saturated rings. The third-order valence-corrected chi connectivity index (χ3v) is 5.01. The minimum absolute atomic E-state index is 0.305. The van der Waals surface area contributed by atoms with Crippen molar-refractivity contribution < 1.29 is 9.21 Å². The molecule has 0 bridgehead atoms. The maximum absolute atomic E-state index is 11.9. The second kappa shape index (κ2) is 6.69. The lowest BCUT2D eigenvalue weighted by Crippen LogP contribution is -2.33. The van der Waals surface area contributed by atoms with Gasteiger partial charge in [0.1, 0.15) is 5.58 Å². The Balaban J connectivity index is 1.54. The Labute approximate surface area is 146 Å². The maximum atomic E-state index is 11.9. The van der Waals surface area contributed by atoms with Crippen LogP contribution in [0.5, 0.6) is 0 Å². The van der Waals surface area contributed by atoms with Crippen LogP contribution in [0.2, 0.25) is 0 Å². The number of pyridine rings is 1. The summed E-state index contributed by atoms with van der Waals surface area (Å²) >= 11 is 0. The summed E-state index contributed by atoms with van der Waals surface area (Å²) in [7, 11) is 0. The van der Waals surface area contributed by atoms with Crippen molar-refractivity contribution >= 4 is 16.9 Å². The van der Waals surface area contributed by atoms with Crippen LogP contribution in [0.4, 0.5) is 0 Å². The fourth-order valence-electron chi connectivity index (χ4n) is 3.78. The zero-order valence-electron chi connectivity index (χ0n) is 14.0. The Morgan fingerprint density at radius 1 is 1.16 bits per heavy atom. The number of para-hydroxylation sites is 1. The number of likely N-dealkylation sites (tertiary alicyclic amines) is 1. The van der Waals surface area contributed by atoms with Gasteiger partial charge in [-0.2, -0.15) is 0 Å². The number of nitrogens with zero attached hydrogens (tertiary/aromatic N) is 2. The molecule has 0 aliphatic carbocycles. The van der Waals surface area contributed by atoms with Gasteiger partial charge in [0.15, 0.2) is 5.76 Å². The summed E-state index contributed by atoms with van der Waals surface area (Å²) in [4.78, 5) is 18.4. The summed E-state index contributed by atoms with van der Waals surface area (Å²) in [5.74, 6) is 0.152. The van der Waals surface area contributed by atoms with Crippen molar-refractivity contribution in [2.24, 2.45) is 5.73 Å². The minimum Gasteiger partial charge on any atom is -0.451 e. The Kier molecular flexibility index (Phi) is 4.24. The predicted octanol–water partition coefficient (Wildman–Crippen LogP) is 3.31. The molecule has 2 aromatic heterocycles. The number of amides is 1. The lowest BCUT2D eigenvalue weighted by atomic mass is 9.87. The number of benzene rings is 1. The van der Waals surface area contributed by atoms with Gasteiger partial charge in [-0.1, -0.05) is 18.2 Å². The molecule has 1 aliphatic rings. The number of piperidine rings is 1. The van der Waals surface area contributed by atoms with Gasteiger partial charge in [0, 0.05) is 29.9 Å². The molecule has 4 rings (SSSR count). The first kappa shape index (κ1) is 15.8. The molecule has 3 aromatic rings. The highest BCUT2D eigenvalue weighted by Crippen LogP contribution is 2.37. The topological polar surface area (TPSA) is 72.4 Å². The third-order valence-electron chi connectivity index (χ3n) is 5.01. The first-order valence-corrected chi connectivity index (χ1v) is 8.65. The van der Waals surface area contributed by atoms with E-state index in [-0.39, 0.29) is 0 Å². The number of carbonyl (C=O) groups is 1. The van der Waals surface area contributed by atoms with E-state index in [1.807, 2.05) is 36.7 Å². The summed E-state index contributed by atoms with van der Waals surface area (Å²) in [6.45, 7) is 2.92. The van der Waals surface area contributed by atoms with E-state index < -0.39 is 5.91 Å². The van der Waals surface area contributed by atoms with E-state index in [1.54, 1.807) is 0 Å². The molecule has 0 unspecified atom stereocenters. The molecule has 5 heteroatoms. The van der Waals surface area contributed by atoms with Crippen LogP contribution >= 0.6 is 0 Å². The molecule has 2 N–H and O–H groups in total. The molecule has 0 saturated carbocycles. The Morgan fingerprint density at radius 3 is 2.60 bits per heavy atom. The normalized spacial score (nSPS) is 16.3. The van der Waals surface area contributed by atoms with Gasteiger partial charge in [0.05, 0.1) is 0 Å². The van der Waals surface area contributed by atoms with Crippen molar-refractivity contribution in [3.63, 3.8) is 0 Å². The first-order valence-electron chi connectivity index (χ1n) is 8.65. The number of fused-ring (bicyclic) bond motifs is 1. The molecule has 0 atom stereocenters. The molecule has 1 amide bonds. The lowest BCUT2D eigenvalue weighted by molar-refractivity contribution is 0.0973. The SMILES string of the molecule is NC(=O)c1oc2ccccc2c1C1CCN(Cc2ccncc2)CC1. The fraction of sp³-hybridized carbons (Fsp3) is 0.300. The minimum atomic E-state index is -0.481.